The maximum atomic E-state index is 5.44. The second kappa shape index (κ2) is 5.90. The Hall–Kier alpha value is -0.0200. The van der Waals surface area contributed by atoms with Gasteiger partial charge in [-0.2, -0.15) is 0 Å². The Bertz CT molecular complexity index is 323. The van der Waals surface area contributed by atoms with E-state index in [1.54, 1.807) is 0 Å². The normalized spacial score (nSPS) is 12.9. The highest BCUT2D eigenvalue weighted by molar-refractivity contribution is 9.11. The summed E-state index contributed by atoms with van der Waals surface area (Å²) < 4.78 is 6.54. The number of ether oxygens (including phenoxy) is 1. The number of hydrogen-bond acceptors (Lipinski definition) is 1. The monoisotopic (exact) mass is 334 g/mol. The summed E-state index contributed by atoms with van der Waals surface area (Å²) in [5.41, 5.74) is 1.27. The average Bonchev–Trinajstić information content (AvgIpc) is 2.17. The lowest BCUT2D eigenvalue weighted by atomic mass is 10.0. The van der Waals surface area contributed by atoms with Crippen LogP contribution in [-0.4, -0.2) is 6.61 Å². The lowest BCUT2D eigenvalue weighted by Gasteiger charge is -2.16. The molecule has 0 amide bonds. The Morgan fingerprint density at radius 1 is 1.33 bits per heavy atom. The van der Waals surface area contributed by atoms with Crippen molar-refractivity contribution in [2.75, 3.05) is 6.61 Å². The highest BCUT2D eigenvalue weighted by Crippen LogP contribution is 2.36. The van der Waals surface area contributed by atoms with Crippen LogP contribution >= 0.6 is 31.9 Å². The standard InChI is InChI=1S/C12H16Br2O/c1-4-15-9-5-6-10(11(13)7-9)12(14)8(2)3/h5-8,12H,4H2,1-3H3. The van der Waals surface area contributed by atoms with E-state index in [1.807, 2.05) is 19.1 Å². The Labute approximate surface area is 108 Å². The van der Waals surface area contributed by atoms with Crippen LogP contribution < -0.4 is 4.74 Å². The van der Waals surface area contributed by atoms with E-state index < -0.39 is 0 Å². The summed E-state index contributed by atoms with van der Waals surface area (Å²) in [6.07, 6.45) is 0. The fraction of sp³-hybridized carbons (Fsp3) is 0.500. The fourth-order valence-electron chi connectivity index (χ4n) is 1.35. The van der Waals surface area contributed by atoms with Crippen LogP contribution in [0.3, 0.4) is 0 Å². The molecule has 3 heteroatoms. The first-order chi connectivity index (χ1) is 7.06. The van der Waals surface area contributed by atoms with Crippen molar-refractivity contribution in [3.63, 3.8) is 0 Å². The van der Waals surface area contributed by atoms with Crippen molar-refractivity contribution in [3.05, 3.63) is 28.2 Å². The summed E-state index contributed by atoms with van der Waals surface area (Å²) in [6, 6.07) is 6.14. The van der Waals surface area contributed by atoms with Crippen molar-refractivity contribution < 1.29 is 4.74 Å². The topological polar surface area (TPSA) is 9.23 Å². The molecule has 1 nitrogen and oxygen atoms in total. The van der Waals surface area contributed by atoms with Crippen LogP contribution in [0.4, 0.5) is 0 Å². The maximum absolute atomic E-state index is 5.44. The quantitative estimate of drug-likeness (QED) is 0.708. The molecule has 1 unspecified atom stereocenters. The molecule has 0 aliphatic rings. The van der Waals surface area contributed by atoms with Crippen LogP contribution in [0.1, 0.15) is 31.2 Å². The highest BCUT2D eigenvalue weighted by Gasteiger charge is 2.15. The third kappa shape index (κ3) is 3.49. The molecule has 1 rings (SSSR count). The van der Waals surface area contributed by atoms with E-state index in [1.165, 1.54) is 5.56 Å². The number of halogens is 2. The highest BCUT2D eigenvalue weighted by atomic mass is 79.9. The van der Waals surface area contributed by atoms with Gasteiger partial charge in [-0.3, -0.25) is 0 Å². The molecule has 1 atom stereocenters. The molecule has 15 heavy (non-hydrogen) atoms. The molecule has 0 aliphatic heterocycles. The van der Waals surface area contributed by atoms with Crippen molar-refractivity contribution in [2.45, 2.75) is 25.6 Å². The molecule has 0 heterocycles. The van der Waals surface area contributed by atoms with Gasteiger partial charge in [-0.05, 0) is 30.5 Å². The van der Waals surface area contributed by atoms with Crippen LogP contribution in [0.2, 0.25) is 0 Å². The van der Waals surface area contributed by atoms with Crippen molar-refractivity contribution in [1.29, 1.82) is 0 Å². The van der Waals surface area contributed by atoms with Crippen LogP contribution in [-0.2, 0) is 0 Å². The molecule has 0 saturated carbocycles. The largest absolute Gasteiger partial charge is 0.494 e. The summed E-state index contributed by atoms with van der Waals surface area (Å²) in [5, 5.41) is 0. The molecule has 0 fully saturated rings. The molecule has 0 aliphatic carbocycles. The molecule has 84 valence electrons. The molecule has 1 aromatic carbocycles. The second-order valence-corrected chi connectivity index (χ2v) is 5.60. The Kier molecular flexibility index (Phi) is 5.13. The summed E-state index contributed by atoms with van der Waals surface area (Å²) in [6.45, 7) is 7.08. The Balaban J connectivity index is 2.92. The van der Waals surface area contributed by atoms with Gasteiger partial charge in [0.15, 0.2) is 0 Å². The van der Waals surface area contributed by atoms with Gasteiger partial charge in [-0.1, -0.05) is 51.8 Å². The van der Waals surface area contributed by atoms with Crippen LogP contribution in [0.25, 0.3) is 0 Å². The predicted molar refractivity (Wildman–Crippen MR) is 71.8 cm³/mol. The summed E-state index contributed by atoms with van der Waals surface area (Å²) in [4.78, 5) is 0.377. The van der Waals surface area contributed by atoms with Crippen molar-refractivity contribution in [3.8, 4) is 5.75 Å². The smallest absolute Gasteiger partial charge is 0.120 e. The molecular formula is C12H16Br2O. The van der Waals surface area contributed by atoms with Crippen molar-refractivity contribution >= 4 is 31.9 Å². The lowest BCUT2D eigenvalue weighted by molar-refractivity contribution is 0.340. The fourth-order valence-corrected chi connectivity index (χ4v) is 2.66. The van der Waals surface area contributed by atoms with Gasteiger partial charge in [0, 0.05) is 9.30 Å². The van der Waals surface area contributed by atoms with Gasteiger partial charge in [0.1, 0.15) is 5.75 Å². The Morgan fingerprint density at radius 3 is 2.47 bits per heavy atom. The van der Waals surface area contributed by atoms with E-state index in [2.05, 4.69) is 51.8 Å². The second-order valence-electron chi connectivity index (χ2n) is 3.76. The van der Waals surface area contributed by atoms with Gasteiger partial charge >= 0.3 is 0 Å². The molecule has 0 saturated heterocycles. The summed E-state index contributed by atoms with van der Waals surface area (Å²) in [7, 11) is 0. The van der Waals surface area contributed by atoms with E-state index in [0.717, 1.165) is 10.2 Å². The van der Waals surface area contributed by atoms with Crippen LogP contribution in [0.15, 0.2) is 22.7 Å². The maximum Gasteiger partial charge on any atom is 0.120 e. The first kappa shape index (κ1) is 13.0. The minimum absolute atomic E-state index is 0.377. The predicted octanol–water partition coefficient (Wildman–Crippen LogP) is 4.94. The first-order valence-electron chi connectivity index (χ1n) is 5.12. The SMILES string of the molecule is CCOc1ccc(C(Br)C(C)C)c(Br)c1. The van der Waals surface area contributed by atoms with Gasteiger partial charge < -0.3 is 4.74 Å². The summed E-state index contributed by atoms with van der Waals surface area (Å²) in [5.74, 6) is 1.48. The van der Waals surface area contributed by atoms with Crippen molar-refractivity contribution in [2.24, 2.45) is 5.92 Å². The van der Waals surface area contributed by atoms with Gasteiger partial charge in [-0.15, -0.1) is 0 Å². The molecule has 1 aromatic rings. The number of rotatable bonds is 4. The number of benzene rings is 1. The van der Waals surface area contributed by atoms with E-state index in [0.29, 0.717) is 17.4 Å². The van der Waals surface area contributed by atoms with Crippen LogP contribution in [0.5, 0.6) is 5.75 Å². The third-order valence-electron chi connectivity index (χ3n) is 2.17. The number of hydrogen-bond donors (Lipinski definition) is 0. The summed E-state index contributed by atoms with van der Waals surface area (Å²) >= 11 is 7.27. The average molecular weight is 336 g/mol. The van der Waals surface area contributed by atoms with Gasteiger partial charge in [-0.25, -0.2) is 0 Å². The Morgan fingerprint density at radius 2 is 2.00 bits per heavy atom. The van der Waals surface area contributed by atoms with Crippen molar-refractivity contribution in [1.82, 2.24) is 0 Å². The third-order valence-corrected chi connectivity index (χ3v) is 4.40. The minimum Gasteiger partial charge on any atom is -0.494 e. The van der Waals surface area contributed by atoms with Gasteiger partial charge in [0.05, 0.1) is 6.61 Å². The molecular weight excluding hydrogens is 320 g/mol. The van der Waals surface area contributed by atoms with Gasteiger partial charge in [0.25, 0.3) is 0 Å². The van der Waals surface area contributed by atoms with Gasteiger partial charge in [0.2, 0.25) is 0 Å². The zero-order valence-corrected chi connectivity index (χ0v) is 12.4. The van der Waals surface area contributed by atoms with E-state index in [4.69, 9.17) is 4.74 Å². The van der Waals surface area contributed by atoms with Crippen LogP contribution in [0, 0.1) is 5.92 Å². The van der Waals surface area contributed by atoms with E-state index in [-0.39, 0.29) is 0 Å². The minimum atomic E-state index is 0.377. The lowest BCUT2D eigenvalue weighted by Crippen LogP contribution is -2.00. The molecule has 0 bridgehead atoms. The number of alkyl halides is 1. The molecule has 0 N–H and O–H groups in total. The van der Waals surface area contributed by atoms with E-state index >= 15 is 0 Å². The molecule has 0 spiro atoms. The molecule has 0 radical (unpaired) electrons. The first-order valence-corrected chi connectivity index (χ1v) is 6.83. The zero-order valence-electron chi connectivity index (χ0n) is 9.26. The zero-order chi connectivity index (χ0) is 11.4. The van der Waals surface area contributed by atoms with E-state index in [9.17, 15) is 0 Å². The molecule has 0 aromatic heterocycles.